The minimum Gasteiger partial charge on any atom is -0.342 e. The highest BCUT2D eigenvalue weighted by molar-refractivity contribution is 5.84. The van der Waals surface area contributed by atoms with Crippen molar-refractivity contribution in [3.8, 4) is 0 Å². The van der Waals surface area contributed by atoms with E-state index in [-0.39, 0.29) is 16.9 Å². The topological polar surface area (TPSA) is 46.3 Å². The van der Waals surface area contributed by atoms with Crippen LogP contribution in [0, 0.1) is 10.8 Å². The van der Waals surface area contributed by atoms with Crippen molar-refractivity contribution in [1.29, 1.82) is 0 Å². The van der Waals surface area contributed by atoms with Crippen LogP contribution in [-0.4, -0.2) is 29.9 Å². The maximum atomic E-state index is 13.2. The summed E-state index contributed by atoms with van der Waals surface area (Å²) < 4.78 is 0. The maximum Gasteiger partial charge on any atom is 0.229 e. The van der Waals surface area contributed by atoms with Crippen molar-refractivity contribution < 1.29 is 4.79 Å². The van der Waals surface area contributed by atoms with E-state index in [1.54, 1.807) is 0 Å². The van der Waals surface area contributed by atoms with Crippen LogP contribution in [-0.2, 0) is 11.2 Å². The molecule has 1 atom stereocenters. The van der Waals surface area contributed by atoms with Crippen LogP contribution in [0.15, 0.2) is 30.3 Å². The Bertz CT molecular complexity index is 534. The monoisotopic (exact) mass is 300 g/mol. The molecule has 1 aromatic rings. The number of piperidine rings is 1. The number of carbonyl (C=O) groups is 1. The van der Waals surface area contributed by atoms with Gasteiger partial charge in [-0.25, -0.2) is 0 Å². The van der Waals surface area contributed by atoms with Crippen molar-refractivity contribution >= 4 is 5.91 Å². The number of hydrogen-bond acceptors (Lipinski definition) is 2. The molecule has 1 aliphatic carbocycles. The molecule has 1 aliphatic heterocycles. The number of amides is 1. The van der Waals surface area contributed by atoms with E-state index in [1.807, 2.05) is 6.07 Å². The molecule has 1 saturated carbocycles. The van der Waals surface area contributed by atoms with Gasteiger partial charge in [-0.1, -0.05) is 50.6 Å². The summed E-state index contributed by atoms with van der Waals surface area (Å²) in [6, 6.07) is 10.6. The summed E-state index contributed by atoms with van der Waals surface area (Å²) in [7, 11) is 0. The SMILES string of the molecule is CC1(C)CN(C(=O)C2(Cc3ccccc3)CCC2)CCC1N. The molecular formula is C19H28N2O. The van der Waals surface area contributed by atoms with E-state index in [1.165, 1.54) is 12.0 Å². The second kappa shape index (κ2) is 5.69. The molecule has 1 unspecified atom stereocenters. The molecule has 22 heavy (non-hydrogen) atoms. The maximum absolute atomic E-state index is 13.2. The second-order valence-electron chi connectivity index (χ2n) is 7.91. The summed E-state index contributed by atoms with van der Waals surface area (Å²) in [5, 5.41) is 0. The van der Waals surface area contributed by atoms with E-state index < -0.39 is 0 Å². The summed E-state index contributed by atoms with van der Waals surface area (Å²) in [6.45, 7) is 5.98. The molecule has 2 aliphatic rings. The fourth-order valence-electron chi connectivity index (χ4n) is 3.94. The Morgan fingerprint density at radius 1 is 1.27 bits per heavy atom. The summed E-state index contributed by atoms with van der Waals surface area (Å²) in [4.78, 5) is 15.3. The van der Waals surface area contributed by atoms with Gasteiger partial charge in [0, 0.05) is 19.1 Å². The normalized spacial score (nSPS) is 26.3. The average molecular weight is 300 g/mol. The number of likely N-dealkylation sites (tertiary alicyclic amines) is 1. The standard InChI is InChI=1S/C19H28N2O/c1-18(2)14-21(12-9-16(18)20)17(22)19(10-6-11-19)13-15-7-4-3-5-8-15/h3-5,7-8,16H,6,9-14,20H2,1-2H3. The van der Waals surface area contributed by atoms with Gasteiger partial charge in [-0.2, -0.15) is 0 Å². The van der Waals surface area contributed by atoms with Gasteiger partial charge in [-0.05, 0) is 36.7 Å². The Hall–Kier alpha value is -1.35. The van der Waals surface area contributed by atoms with Gasteiger partial charge in [-0.15, -0.1) is 0 Å². The first-order valence-corrected chi connectivity index (χ1v) is 8.52. The van der Waals surface area contributed by atoms with Crippen LogP contribution in [0.3, 0.4) is 0 Å². The fraction of sp³-hybridized carbons (Fsp3) is 0.632. The van der Waals surface area contributed by atoms with Gasteiger partial charge in [0.05, 0.1) is 5.41 Å². The van der Waals surface area contributed by atoms with Crippen LogP contribution in [0.1, 0.15) is 45.1 Å². The highest BCUT2D eigenvalue weighted by Gasteiger charge is 2.48. The Labute approximate surface area is 133 Å². The van der Waals surface area contributed by atoms with E-state index in [2.05, 4.69) is 43.0 Å². The van der Waals surface area contributed by atoms with E-state index >= 15 is 0 Å². The van der Waals surface area contributed by atoms with E-state index in [4.69, 9.17) is 5.73 Å². The van der Waals surface area contributed by atoms with E-state index in [0.29, 0.717) is 5.91 Å². The zero-order valence-corrected chi connectivity index (χ0v) is 13.8. The lowest BCUT2D eigenvalue weighted by Crippen LogP contribution is -2.58. The third-order valence-electron chi connectivity index (χ3n) is 5.75. The van der Waals surface area contributed by atoms with Crippen molar-refractivity contribution in [3.05, 3.63) is 35.9 Å². The van der Waals surface area contributed by atoms with Crippen molar-refractivity contribution in [1.82, 2.24) is 4.90 Å². The summed E-state index contributed by atoms with van der Waals surface area (Å²) >= 11 is 0. The van der Waals surface area contributed by atoms with Crippen molar-refractivity contribution in [2.45, 2.75) is 52.0 Å². The van der Waals surface area contributed by atoms with Gasteiger partial charge in [-0.3, -0.25) is 4.79 Å². The number of nitrogens with two attached hydrogens (primary N) is 1. The zero-order chi connectivity index (χ0) is 15.8. The molecule has 1 heterocycles. The molecule has 0 bridgehead atoms. The largest absolute Gasteiger partial charge is 0.342 e. The van der Waals surface area contributed by atoms with Crippen LogP contribution in [0.4, 0.5) is 0 Å². The second-order valence-corrected chi connectivity index (χ2v) is 7.91. The van der Waals surface area contributed by atoms with Crippen LogP contribution >= 0.6 is 0 Å². The van der Waals surface area contributed by atoms with Crippen LogP contribution in [0.2, 0.25) is 0 Å². The van der Waals surface area contributed by atoms with Gasteiger partial charge in [0.15, 0.2) is 0 Å². The average Bonchev–Trinajstić information content (AvgIpc) is 2.46. The Balaban J connectivity index is 1.75. The molecule has 3 heteroatoms. The lowest BCUT2D eigenvalue weighted by atomic mass is 9.64. The molecule has 0 aromatic heterocycles. The summed E-state index contributed by atoms with van der Waals surface area (Å²) in [6.07, 6.45) is 5.04. The smallest absolute Gasteiger partial charge is 0.229 e. The fourth-order valence-corrected chi connectivity index (χ4v) is 3.94. The molecule has 120 valence electrons. The molecule has 2 fully saturated rings. The molecule has 0 radical (unpaired) electrons. The van der Waals surface area contributed by atoms with Crippen molar-refractivity contribution in [3.63, 3.8) is 0 Å². The highest BCUT2D eigenvalue weighted by atomic mass is 16.2. The van der Waals surface area contributed by atoms with Gasteiger partial charge in [0.25, 0.3) is 0 Å². The lowest BCUT2D eigenvalue weighted by Gasteiger charge is -2.49. The van der Waals surface area contributed by atoms with Crippen LogP contribution in [0.25, 0.3) is 0 Å². The molecule has 3 nitrogen and oxygen atoms in total. The van der Waals surface area contributed by atoms with E-state index in [9.17, 15) is 4.79 Å². The van der Waals surface area contributed by atoms with Crippen LogP contribution in [0.5, 0.6) is 0 Å². The third-order valence-corrected chi connectivity index (χ3v) is 5.75. The number of rotatable bonds is 3. The molecule has 1 aromatic carbocycles. The predicted molar refractivity (Wildman–Crippen MR) is 89.4 cm³/mol. The van der Waals surface area contributed by atoms with Gasteiger partial charge in [0.1, 0.15) is 0 Å². The summed E-state index contributed by atoms with van der Waals surface area (Å²) in [5.74, 6) is 0.363. The minimum absolute atomic E-state index is 0.0194. The predicted octanol–water partition coefficient (Wildman–Crippen LogP) is 2.99. The number of hydrogen-bond donors (Lipinski definition) is 1. The first-order chi connectivity index (χ1) is 10.4. The Kier molecular flexibility index (Phi) is 4.02. The first kappa shape index (κ1) is 15.5. The molecular weight excluding hydrogens is 272 g/mol. The van der Waals surface area contributed by atoms with Crippen LogP contribution < -0.4 is 5.73 Å². The first-order valence-electron chi connectivity index (χ1n) is 8.52. The molecule has 3 rings (SSSR count). The van der Waals surface area contributed by atoms with Crippen molar-refractivity contribution in [2.75, 3.05) is 13.1 Å². The van der Waals surface area contributed by atoms with E-state index in [0.717, 1.165) is 38.8 Å². The Morgan fingerprint density at radius 3 is 2.50 bits per heavy atom. The van der Waals surface area contributed by atoms with Gasteiger partial charge >= 0.3 is 0 Å². The minimum atomic E-state index is -0.154. The highest BCUT2D eigenvalue weighted by Crippen LogP contribution is 2.46. The van der Waals surface area contributed by atoms with Crippen molar-refractivity contribution in [2.24, 2.45) is 16.6 Å². The molecule has 2 N–H and O–H groups in total. The number of carbonyl (C=O) groups excluding carboxylic acids is 1. The third kappa shape index (κ3) is 2.79. The molecule has 1 amide bonds. The summed E-state index contributed by atoms with van der Waals surface area (Å²) in [5.41, 5.74) is 7.36. The number of nitrogens with zero attached hydrogens (tertiary/aromatic N) is 1. The Morgan fingerprint density at radius 2 is 1.95 bits per heavy atom. The molecule has 0 spiro atoms. The quantitative estimate of drug-likeness (QED) is 0.933. The number of benzene rings is 1. The van der Waals surface area contributed by atoms with Gasteiger partial charge in [0.2, 0.25) is 5.91 Å². The van der Waals surface area contributed by atoms with Gasteiger partial charge < -0.3 is 10.6 Å². The zero-order valence-electron chi connectivity index (χ0n) is 13.8. The molecule has 1 saturated heterocycles. The lowest BCUT2D eigenvalue weighted by molar-refractivity contribution is -0.151.